The number of imidazole rings is 1. The van der Waals surface area contributed by atoms with Crippen LogP contribution in [0.15, 0.2) is 6.33 Å². The van der Waals surface area contributed by atoms with Crippen molar-refractivity contribution in [2.75, 3.05) is 12.3 Å². The van der Waals surface area contributed by atoms with E-state index in [1.165, 1.54) is 6.33 Å². The summed E-state index contributed by atoms with van der Waals surface area (Å²) in [5, 5.41) is 28.9. The highest BCUT2D eigenvalue weighted by atomic mass is 31.2. The molecule has 0 saturated carbocycles. The number of fused-ring (bicyclic) bond motifs is 1. The van der Waals surface area contributed by atoms with Crippen molar-refractivity contribution in [2.45, 2.75) is 24.5 Å². The van der Waals surface area contributed by atoms with E-state index in [0.29, 0.717) is 0 Å². The highest BCUT2D eigenvalue weighted by Crippen LogP contribution is 2.34. The van der Waals surface area contributed by atoms with E-state index in [-0.39, 0.29) is 17.0 Å². The van der Waals surface area contributed by atoms with E-state index in [1.807, 2.05) is 0 Å². The lowest BCUT2D eigenvalue weighted by atomic mass is 10.1. The Bertz CT molecular complexity index is 791. The minimum absolute atomic E-state index is 0.0555. The quantitative estimate of drug-likeness (QED) is 0.306. The number of nitrogen functional groups attached to an aromatic ring is 1. The number of hydrogen-bond donors (Lipinski definition) is 6. The maximum atomic E-state index is 11.3. The molecule has 126 valence electrons. The molecule has 0 aromatic carbocycles. The van der Waals surface area contributed by atoms with Gasteiger partial charge in [0.25, 0.3) is 0 Å². The van der Waals surface area contributed by atoms with E-state index in [2.05, 4.69) is 15.0 Å². The molecule has 0 aliphatic carbocycles. The number of nitrogens with zero attached hydrogens (tertiary/aromatic N) is 4. The van der Waals surface area contributed by atoms with Crippen LogP contribution in [0.4, 0.5) is 5.82 Å². The lowest BCUT2D eigenvalue weighted by Crippen LogP contribution is -2.33. The lowest BCUT2D eigenvalue weighted by Gasteiger charge is -2.16. The Kier molecular flexibility index (Phi) is 3.84. The van der Waals surface area contributed by atoms with Gasteiger partial charge < -0.3 is 35.6 Å². The van der Waals surface area contributed by atoms with Crippen LogP contribution in [0, 0.1) is 0 Å². The second-order valence-corrected chi connectivity index (χ2v) is 6.49. The third-order valence-corrected chi connectivity index (χ3v) is 4.21. The van der Waals surface area contributed by atoms with Gasteiger partial charge in [0, 0.05) is 0 Å². The van der Waals surface area contributed by atoms with Crippen LogP contribution >= 0.6 is 7.60 Å². The summed E-state index contributed by atoms with van der Waals surface area (Å²) in [6.45, 7) is -0.522. The van der Waals surface area contributed by atoms with Crippen molar-refractivity contribution in [1.82, 2.24) is 19.5 Å². The van der Waals surface area contributed by atoms with Gasteiger partial charge >= 0.3 is 7.60 Å². The van der Waals surface area contributed by atoms with Crippen LogP contribution in [-0.2, 0) is 9.30 Å². The molecule has 1 fully saturated rings. The Morgan fingerprint density at radius 1 is 1.30 bits per heavy atom. The third-order valence-electron chi connectivity index (χ3n) is 3.49. The van der Waals surface area contributed by atoms with Crippen LogP contribution in [0.5, 0.6) is 0 Å². The number of aliphatic hydroxyl groups is 3. The van der Waals surface area contributed by atoms with Crippen molar-refractivity contribution in [2.24, 2.45) is 0 Å². The first-order valence-corrected chi connectivity index (χ1v) is 8.04. The highest BCUT2D eigenvalue weighted by Gasteiger charge is 2.44. The minimum atomic E-state index is -4.76. The molecule has 3 heterocycles. The molecule has 0 spiro atoms. The summed E-state index contributed by atoms with van der Waals surface area (Å²) in [4.78, 5) is 29.5. The van der Waals surface area contributed by atoms with Gasteiger partial charge in [-0.2, -0.15) is 0 Å². The summed E-state index contributed by atoms with van der Waals surface area (Å²) in [7, 11) is -4.76. The second-order valence-electron chi connectivity index (χ2n) is 5.01. The van der Waals surface area contributed by atoms with E-state index in [9.17, 15) is 24.6 Å². The van der Waals surface area contributed by atoms with Crippen LogP contribution in [-0.4, -0.2) is 69.5 Å². The average molecular weight is 347 g/mol. The number of rotatable bonds is 3. The molecule has 0 amide bonds. The molecule has 2 unspecified atom stereocenters. The van der Waals surface area contributed by atoms with Gasteiger partial charge in [0.1, 0.15) is 23.8 Å². The van der Waals surface area contributed by atoms with E-state index >= 15 is 0 Å². The number of aromatic nitrogens is 4. The van der Waals surface area contributed by atoms with Crippen LogP contribution in [0.25, 0.3) is 11.2 Å². The zero-order valence-corrected chi connectivity index (χ0v) is 12.4. The van der Waals surface area contributed by atoms with Crippen molar-refractivity contribution < 1.29 is 34.4 Å². The Balaban J connectivity index is 2.12. The molecule has 1 aliphatic heterocycles. The van der Waals surface area contributed by atoms with E-state index in [1.54, 1.807) is 0 Å². The summed E-state index contributed by atoms with van der Waals surface area (Å²) >= 11 is 0. The van der Waals surface area contributed by atoms with Crippen LogP contribution in [0.2, 0.25) is 0 Å². The van der Waals surface area contributed by atoms with E-state index in [4.69, 9.17) is 15.6 Å². The van der Waals surface area contributed by atoms with Crippen molar-refractivity contribution in [3.63, 3.8) is 0 Å². The van der Waals surface area contributed by atoms with Gasteiger partial charge in [0.05, 0.1) is 12.9 Å². The van der Waals surface area contributed by atoms with E-state index in [0.717, 1.165) is 4.57 Å². The molecule has 3 rings (SSSR count). The summed E-state index contributed by atoms with van der Waals surface area (Å²) in [5.74, 6) is -0.251. The van der Waals surface area contributed by atoms with E-state index < -0.39 is 44.3 Å². The van der Waals surface area contributed by atoms with Crippen molar-refractivity contribution in [3.8, 4) is 0 Å². The molecular formula is C10H14N5O7P. The fourth-order valence-corrected chi connectivity index (χ4v) is 2.82. The monoisotopic (exact) mass is 347 g/mol. The molecule has 12 nitrogen and oxygen atoms in total. The first-order chi connectivity index (χ1) is 10.7. The SMILES string of the molecule is Nc1nc(P(=O)(O)O)nc2c1ncn2[C@@H]1O[C@H](CO)C(O)C1O. The summed E-state index contributed by atoms with van der Waals surface area (Å²) in [6, 6.07) is 0. The molecule has 0 bridgehead atoms. The molecule has 23 heavy (non-hydrogen) atoms. The molecule has 2 aromatic rings. The second kappa shape index (κ2) is 5.46. The van der Waals surface area contributed by atoms with Gasteiger partial charge in [0.2, 0.25) is 5.57 Å². The predicted octanol–water partition coefficient (Wildman–Crippen LogP) is -3.18. The maximum Gasteiger partial charge on any atom is 0.393 e. The predicted molar refractivity (Wildman–Crippen MR) is 74.4 cm³/mol. The van der Waals surface area contributed by atoms with Gasteiger partial charge in [0.15, 0.2) is 17.7 Å². The first kappa shape index (κ1) is 16.2. The average Bonchev–Trinajstić information content (AvgIpc) is 3.01. The zero-order valence-electron chi connectivity index (χ0n) is 11.5. The number of nitrogens with two attached hydrogens (primary N) is 1. The Labute approximate surface area is 128 Å². The summed E-state index contributed by atoms with van der Waals surface area (Å²) in [5.41, 5.74) is 4.80. The number of hydrogen-bond acceptors (Lipinski definition) is 9. The Hall–Kier alpha value is -1.66. The normalized spacial score (nSPS) is 28.6. The molecule has 4 atom stereocenters. The van der Waals surface area contributed by atoms with Crippen molar-refractivity contribution in [3.05, 3.63) is 6.33 Å². The Morgan fingerprint density at radius 3 is 2.57 bits per heavy atom. The molecule has 13 heteroatoms. The van der Waals surface area contributed by atoms with Gasteiger partial charge in [-0.3, -0.25) is 9.13 Å². The number of aliphatic hydroxyl groups excluding tert-OH is 3. The molecule has 1 aliphatic rings. The molecule has 7 N–H and O–H groups in total. The van der Waals surface area contributed by atoms with Crippen LogP contribution < -0.4 is 11.3 Å². The molecule has 0 radical (unpaired) electrons. The van der Waals surface area contributed by atoms with Gasteiger partial charge in [-0.25, -0.2) is 15.0 Å². The highest BCUT2D eigenvalue weighted by molar-refractivity contribution is 7.59. The summed E-state index contributed by atoms with van der Waals surface area (Å²) < 4.78 is 17.8. The topological polar surface area (TPSA) is 197 Å². The van der Waals surface area contributed by atoms with Crippen molar-refractivity contribution >= 4 is 30.1 Å². The minimum Gasteiger partial charge on any atom is -0.394 e. The number of anilines is 1. The first-order valence-electron chi connectivity index (χ1n) is 6.42. The smallest absolute Gasteiger partial charge is 0.393 e. The fraction of sp³-hybridized carbons (Fsp3) is 0.500. The van der Waals surface area contributed by atoms with Crippen molar-refractivity contribution in [1.29, 1.82) is 0 Å². The maximum absolute atomic E-state index is 11.3. The molecule has 1 saturated heterocycles. The fourth-order valence-electron chi connectivity index (χ4n) is 2.35. The zero-order chi connectivity index (χ0) is 16.9. The molecular weight excluding hydrogens is 333 g/mol. The lowest BCUT2D eigenvalue weighted by molar-refractivity contribution is -0.0511. The third kappa shape index (κ3) is 2.60. The standard InChI is InChI=1S/C10H14N5O7P/c11-7-4-8(14-10(13-7)23(19,20)21)15(2-12-4)9-6(18)5(17)3(1-16)22-9/h2-3,5-6,9,16-18H,1H2,(H2,11,13,14)(H2,19,20,21)/t3-,5?,6?,9-/m1/s1. The van der Waals surface area contributed by atoms with Gasteiger partial charge in [-0.15, -0.1) is 0 Å². The van der Waals surface area contributed by atoms with Gasteiger partial charge in [-0.1, -0.05) is 0 Å². The van der Waals surface area contributed by atoms with Gasteiger partial charge in [-0.05, 0) is 0 Å². The van der Waals surface area contributed by atoms with Crippen LogP contribution in [0.1, 0.15) is 6.23 Å². The van der Waals surface area contributed by atoms with Crippen LogP contribution in [0.3, 0.4) is 0 Å². The largest absolute Gasteiger partial charge is 0.394 e. The number of ether oxygens (including phenoxy) is 1. The summed E-state index contributed by atoms with van der Waals surface area (Å²) in [6.07, 6.45) is -3.75. The molecule has 2 aromatic heterocycles. The Morgan fingerprint density at radius 2 is 2.00 bits per heavy atom.